The van der Waals surface area contributed by atoms with Crippen LogP contribution in [0.4, 0.5) is 10.5 Å². The standard InChI is InChI=1S/C9H12N2O2.ClH/c1-13-9(12)11-8-4-2-3-7(5-8)6-10;/h2-5H,6,10H2,1H3,(H,11,12);1H. The van der Waals surface area contributed by atoms with Gasteiger partial charge in [0, 0.05) is 12.2 Å². The molecule has 0 aliphatic heterocycles. The first-order chi connectivity index (χ1) is 6.26. The Morgan fingerprint density at radius 2 is 2.29 bits per heavy atom. The lowest BCUT2D eigenvalue weighted by Crippen LogP contribution is -2.11. The Balaban J connectivity index is 0.00000169. The Kier molecular flexibility index (Phi) is 5.67. The van der Waals surface area contributed by atoms with Gasteiger partial charge in [-0.25, -0.2) is 4.79 Å². The Hall–Kier alpha value is -1.26. The van der Waals surface area contributed by atoms with Crippen molar-refractivity contribution in [3.05, 3.63) is 29.8 Å². The largest absolute Gasteiger partial charge is 0.453 e. The monoisotopic (exact) mass is 216 g/mol. The molecular formula is C9H13ClN2O2. The zero-order valence-corrected chi connectivity index (χ0v) is 8.64. The molecule has 1 rings (SSSR count). The van der Waals surface area contributed by atoms with Gasteiger partial charge in [-0.2, -0.15) is 0 Å². The van der Waals surface area contributed by atoms with Gasteiger partial charge in [-0.05, 0) is 17.7 Å². The van der Waals surface area contributed by atoms with E-state index in [0.29, 0.717) is 12.2 Å². The van der Waals surface area contributed by atoms with Crippen LogP contribution in [0.25, 0.3) is 0 Å². The molecule has 3 N–H and O–H groups in total. The maximum Gasteiger partial charge on any atom is 0.411 e. The molecule has 0 saturated heterocycles. The van der Waals surface area contributed by atoms with Crippen LogP contribution in [-0.2, 0) is 11.3 Å². The molecule has 0 atom stereocenters. The molecule has 4 nitrogen and oxygen atoms in total. The summed E-state index contributed by atoms with van der Waals surface area (Å²) in [6.45, 7) is 0.455. The fourth-order valence-electron chi connectivity index (χ4n) is 0.945. The summed E-state index contributed by atoms with van der Waals surface area (Å²) in [5, 5.41) is 2.55. The molecule has 0 saturated carbocycles. The molecule has 0 aliphatic carbocycles. The van der Waals surface area contributed by atoms with E-state index < -0.39 is 6.09 Å². The van der Waals surface area contributed by atoms with E-state index in [1.165, 1.54) is 7.11 Å². The second kappa shape index (κ2) is 6.23. The molecule has 0 radical (unpaired) electrons. The van der Waals surface area contributed by atoms with Gasteiger partial charge >= 0.3 is 6.09 Å². The highest BCUT2D eigenvalue weighted by Gasteiger charge is 1.99. The highest BCUT2D eigenvalue weighted by atomic mass is 35.5. The molecule has 0 aromatic heterocycles. The second-order valence-electron chi connectivity index (χ2n) is 2.52. The number of ether oxygens (including phenoxy) is 1. The first-order valence-electron chi connectivity index (χ1n) is 3.90. The third kappa shape index (κ3) is 3.64. The van der Waals surface area contributed by atoms with Crippen LogP contribution in [0.1, 0.15) is 5.56 Å². The molecule has 78 valence electrons. The van der Waals surface area contributed by atoms with Crippen LogP contribution in [0, 0.1) is 0 Å². The van der Waals surface area contributed by atoms with Gasteiger partial charge in [-0.3, -0.25) is 5.32 Å². The minimum absolute atomic E-state index is 0. The molecule has 5 heteroatoms. The highest BCUT2D eigenvalue weighted by Crippen LogP contribution is 2.09. The van der Waals surface area contributed by atoms with Gasteiger partial charge in [0.1, 0.15) is 0 Å². The second-order valence-corrected chi connectivity index (χ2v) is 2.52. The summed E-state index contributed by atoms with van der Waals surface area (Å²) in [4.78, 5) is 10.8. The van der Waals surface area contributed by atoms with Crippen molar-refractivity contribution in [3.8, 4) is 0 Å². The van der Waals surface area contributed by atoms with E-state index in [9.17, 15) is 4.79 Å². The zero-order valence-electron chi connectivity index (χ0n) is 7.82. The summed E-state index contributed by atoms with van der Waals surface area (Å²) in [5.41, 5.74) is 7.09. The first-order valence-corrected chi connectivity index (χ1v) is 3.90. The normalized spacial score (nSPS) is 8.71. The van der Waals surface area contributed by atoms with Crippen molar-refractivity contribution in [1.29, 1.82) is 0 Å². The average molecular weight is 217 g/mol. The summed E-state index contributed by atoms with van der Waals surface area (Å²) in [5.74, 6) is 0. The first kappa shape index (κ1) is 12.7. The Morgan fingerprint density at radius 1 is 1.57 bits per heavy atom. The molecule has 1 aromatic carbocycles. The third-order valence-electron chi connectivity index (χ3n) is 1.59. The maximum atomic E-state index is 10.8. The summed E-state index contributed by atoms with van der Waals surface area (Å²) in [7, 11) is 1.32. The molecule has 0 unspecified atom stereocenters. The Morgan fingerprint density at radius 3 is 2.86 bits per heavy atom. The molecule has 14 heavy (non-hydrogen) atoms. The molecule has 0 fully saturated rings. The number of nitrogens with two attached hydrogens (primary N) is 1. The van der Waals surface area contributed by atoms with Gasteiger partial charge < -0.3 is 10.5 Å². The Bertz CT molecular complexity index is 305. The molecule has 1 aromatic rings. The van der Waals surface area contributed by atoms with Gasteiger partial charge in [-0.1, -0.05) is 12.1 Å². The number of benzene rings is 1. The van der Waals surface area contributed by atoms with E-state index >= 15 is 0 Å². The van der Waals surface area contributed by atoms with Crippen LogP contribution >= 0.6 is 12.4 Å². The van der Waals surface area contributed by atoms with Gasteiger partial charge in [0.15, 0.2) is 0 Å². The van der Waals surface area contributed by atoms with Crippen molar-refractivity contribution in [3.63, 3.8) is 0 Å². The van der Waals surface area contributed by atoms with E-state index in [-0.39, 0.29) is 12.4 Å². The van der Waals surface area contributed by atoms with Crippen molar-refractivity contribution < 1.29 is 9.53 Å². The van der Waals surface area contributed by atoms with E-state index in [0.717, 1.165) is 5.56 Å². The number of amides is 1. The third-order valence-corrected chi connectivity index (χ3v) is 1.59. The molecular weight excluding hydrogens is 204 g/mol. The predicted molar refractivity (Wildman–Crippen MR) is 57.6 cm³/mol. The van der Waals surface area contributed by atoms with Crippen LogP contribution in [0.15, 0.2) is 24.3 Å². The smallest absolute Gasteiger partial charge is 0.411 e. The Labute approximate surface area is 88.8 Å². The number of rotatable bonds is 2. The predicted octanol–water partition coefficient (Wildman–Crippen LogP) is 1.75. The van der Waals surface area contributed by atoms with Crippen LogP contribution in [0.5, 0.6) is 0 Å². The van der Waals surface area contributed by atoms with Crippen molar-refractivity contribution in [1.82, 2.24) is 0 Å². The summed E-state index contributed by atoms with van der Waals surface area (Å²) in [6.07, 6.45) is -0.478. The lowest BCUT2D eigenvalue weighted by atomic mass is 10.2. The minimum Gasteiger partial charge on any atom is -0.453 e. The van der Waals surface area contributed by atoms with E-state index in [1.807, 2.05) is 12.1 Å². The SMILES string of the molecule is COC(=O)Nc1cccc(CN)c1.Cl. The summed E-state index contributed by atoms with van der Waals surface area (Å²) >= 11 is 0. The number of carbonyl (C=O) groups excluding carboxylic acids is 1. The van der Waals surface area contributed by atoms with Crippen LogP contribution in [0.3, 0.4) is 0 Å². The molecule has 1 amide bonds. The highest BCUT2D eigenvalue weighted by molar-refractivity contribution is 5.85. The number of halogens is 1. The maximum absolute atomic E-state index is 10.8. The fraction of sp³-hybridized carbons (Fsp3) is 0.222. The van der Waals surface area contributed by atoms with Gasteiger partial charge in [0.05, 0.1) is 7.11 Å². The lowest BCUT2D eigenvalue weighted by molar-refractivity contribution is 0.187. The van der Waals surface area contributed by atoms with Crippen molar-refractivity contribution in [2.45, 2.75) is 6.54 Å². The summed E-state index contributed by atoms with van der Waals surface area (Å²) < 4.78 is 4.45. The molecule has 0 heterocycles. The van der Waals surface area contributed by atoms with E-state index in [4.69, 9.17) is 5.73 Å². The van der Waals surface area contributed by atoms with Crippen molar-refractivity contribution >= 4 is 24.2 Å². The molecule has 0 aliphatic rings. The lowest BCUT2D eigenvalue weighted by Gasteiger charge is -2.04. The minimum atomic E-state index is -0.478. The number of hydrogen-bond donors (Lipinski definition) is 2. The summed E-state index contributed by atoms with van der Waals surface area (Å²) in [6, 6.07) is 7.29. The topological polar surface area (TPSA) is 64.3 Å². The number of anilines is 1. The van der Waals surface area contributed by atoms with Gasteiger partial charge in [0.2, 0.25) is 0 Å². The van der Waals surface area contributed by atoms with Gasteiger partial charge in [0.25, 0.3) is 0 Å². The van der Waals surface area contributed by atoms with Crippen molar-refractivity contribution in [2.75, 3.05) is 12.4 Å². The number of nitrogens with one attached hydrogen (secondary N) is 1. The fourth-order valence-corrected chi connectivity index (χ4v) is 0.945. The molecule has 0 spiro atoms. The number of hydrogen-bond acceptors (Lipinski definition) is 3. The van der Waals surface area contributed by atoms with Crippen LogP contribution in [-0.4, -0.2) is 13.2 Å². The van der Waals surface area contributed by atoms with E-state index in [1.54, 1.807) is 12.1 Å². The van der Waals surface area contributed by atoms with Crippen molar-refractivity contribution in [2.24, 2.45) is 5.73 Å². The van der Waals surface area contributed by atoms with Gasteiger partial charge in [-0.15, -0.1) is 12.4 Å². The zero-order chi connectivity index (χ0) is 9.68. The molecule has 0 bridgehead atoms. The number of carbonyl (C=O) groups is 1. The average Bonchev–Trinajstić information content (AvgIpc) is 2.18. The van der Waals surface area contributed by atoms with Crippen LogP contribution < -0.4 is 11.1 Å². The van der Waals surface area contributed by atoms with Crippen LogP contribution in [0.2, 0.25) is 0 Å². The van der Waals surface area contributed by atoms with E-state index in [2.05, 4.69) is 10.1 Å². The number of methoxy groups -OCH3 is 1. The quantitative estimate of drug-likeness (QED) is 0.792.